The standard InChI is InChI=1S/C18H22N2O2/c19-9-13-1-5-15(6-2-13)17-11-22-18(12-21-17)16-7-3-14(10-20)4-8-16/h1-8,17-18H,9-12,19-20H2. The van der Waals surface area contributed by atoms with E-state index < -0.39 is 0 Å². The second-order valence-corrected chi connectivity index (χ2v) is 5.54. The molecule has 0 aliphatic carbocycles. The Morgan fingerprint density at radius 2 is 1.05 bits per heavy atom. The van der Waals surface area contributed by atoms with Gasteiger partial charge in [0.15, 0.2) is 0 Å². The van der Waals surface area contributed by atoms with E-state index in [1.165, 1.54) is 0 Å². The summed E-state index contributed by atoms with van der Waals surface area (Å²) in [6, 6.07) is 16.4. The normalized spacial score (nSPS) is 21.7. The van der Waals surface area contributed by atoms with Gasteiger partial charge in [-0.05, 0) is 22.3 Å². The molecule has 2 unspecified atom stereocenters. The van der Waals surface area contributed by atoms with E-state index in [2.05, 4.69) is 24.3 Å². The van der Waals surface area contributed by atoms with Crippen LogP contribution < -0.4 is 11.5 Å². The topological polar surface area (TPSA) is 70.5 Å². The molecule has 4 N–H and O–H groups in total. The average molecular weight is 298 g/mol. The van der Waals surface area contributed by atoms with Crippen molar-refractivity contribution < 1.29 is 9.47 Å². The van der Waals surface area contributed by atoms with Crippen LogP contribution in [0.15, 0.2) is 48.5 Å². The van der Waals surface area contributed by atoms with E-state index >= 15 is 0 Å². The van der Waals surface area contributed by atoms with Gasteiger partial charge in [-0.1, -0.05) is 48.5 Å². The number of hydrogen-bond acceptors (Lipinski definition) is 4. The van der Waals surface area contributed by atoms with Gasteiger partial charge in [0.05, 0.1) is 13.2 Å². The lowest BCUT2D eigenvalue weighted by Crippen LogP contribution is -2.25. The van der Waals surface area contributed by atoms with Gasteiger partial charge >= 0.3 is 0 Å². The fourth-order valence-electron chi connectivity index (χ4n) is 2.62. The fourth-order valence-corrected chi connectivity index (χ4v) is 2.62. The molecule has 2 aromatic rings. The molecule has 0 aromatic heterocycles. The Hall–Kier alpha value is -1.72. The molecule has 1 fully saturated rings. The number of benzene rings is 2. The van der Waals surface area contributed by atoms with Crippen molar-refractivity contribution in [3.8, 4) is 0 Å². The summed E-state index contributed by atoms with van der Waals surface area (Å²) in [4.78, 5) is 0. The van der Waals surface area contributed by atoms with E-state index in [4.69, 9.17) is 20.9 Å². The molecular formula is C18H22N2O2. The third-order valence-electron chi connectivity index (χ3n) is 4.07. The highest BCUT2D eigenvalue weighted by atomic mass is 16.6. The van der Waals surface area contributed by atoms with Crippen LogP contribution in [0.2, 0.25) is 0 Å². The molecule has 0 spiro atoms. The van der Waals surface area contributed by atoms with Crippen LogP contribution in [0.25, 0.3) is 0 Å². The van der Waals surface area contributed by atoms with E-state index in [-0.39, 0.29) is 12.2 Å². The molecule has 1 saturated heterocycles. The molecule has 4 nitrogen and oxygen atoms in total. The van der Waals surface area contributed by atoms with Crippen LogP contribution in [0, 0.1) is 0 Å². The van der Waals surface area contributed by atoms with Gasteiger partial charge in [0.1, 0.15) is 12.2 Å². The Labute approximate surface area is 131 Å². The van der Waals surface area contributed by atoms with E-state index in [1.807, 2.05) is 24.3 Å². The Bertz CT molecular complexity index is 532. The molecule has 1 heterocycles. The lowest BCUT2D eigenvalue weighted by Gasteiger charge is -2.30. The minimum Gasteiger partial charge on any atom is -0.368 e. The van der Waals surface area contributed by atoms with E-state index in [0.29, 0.717) is 26.3 Å². The van der Waals surface area contributed by atoms with Crippen LogP contribution in [0.5, 0.6) is 0 Å². The van der Waals surface area contributed by atoms with Gasteiger partial charge in [-0.25, -0.2) is 0 Å². The molecule has 1 aliphatic heterocycles. The highest BCUT2D eigenvalue weighted by molar-refractivity contribution is 5.26. The number of rotatable bonds is 4. The summed E-state index contributed by atoms with van der Waals surface area (Å²) in [5.74, 6) is 0. The van der Waals surface area contributed by atoms with E-state index in [9.17, 15) is 0 Å². The number of hydrogen-bond donors (Lipinski definition) is 2. The quantitative estimate of drug-likeness (QED) is 0.909. The lowest BCUT2D eigenvalue weighted by atomic mass is 10.0. The van der Waals surface area contributed by atoms with Crippen molar-refractivity contribution in [3.63, 3.8) is 0 Å². The molecule has 22 heavy (non-hydrogen) atoms. The Morgan fingerprint density at radius 3 is 1.32 bits per heavy atom. The van der Waals surface area contributed by atoms with Crippen molar-refractivity contribution in [3.05, 3.63) is 70.8 Å². The van der Waals surface area contributed by atoms with E-state index in [1.54, 1.807) is 0 Å². The maximum Gasteiger partial charge on any atom is 0.106 e. The Balaban J connectivity index is 1.61. The first kappa shape index (κ1) is 15.2. The third-order valence-corrected chi connectivity index (χ3v) is 4.07. The molecule has 0 saturated carbocycles. The molecule has 2 atom stereocenters. The van der Waals surface area contributed by atoms with Crippen molar-refractivity contribution in [1.82, 2.24) is 0 Å². The summed E-state index contributed by atoms with van der Waals surface area (Å²) in [7, 11) is 0. The minimum atomic E-state index is -0.00797. The average Bonchev–Trinajstić information content (AvgIpc) is 2.62. The highest BCUT2D eigenvalue weighted by Crippen LogP contribution is 2.30. The highest BCUT2D eigenvalue weighted by Gasteiger charge is 2.24. The van der Waals surface area contributed by atoms with Crippen molar-refractivity contribution in [1.29, 1.82) is 0 Å². The minimum absolute atomic E-state index is 0.00797. The summed E-state index contributed by atoms with van der Waals surface area (Å²) in [6.45, 7) is 2.24. The van der Waals surface area contributed by atoms with Crippen LogP contribution in [-0.2, 0) is 22.6 Å². The summed E-state index contributed by atoms with van der Waals surface area (Å²) in [6.07, 6.45) is -0.0159. The molecule has 0 amide bonds. The van der Waals surface area contributed by atoms with Crippen molar-refractivity contribution in [2.24, 2.45) is 11.5 Å². The van der Waals surface area contributed by atoms with Gasteiger partial charge in [0, 0.05) is 13.1 Å². The first-order valence-corrected chi connectivity index (χ1v) is 7.61. The summed E-state index contributed by atoms with van der Waals surface area (Å²) < 4.78 is 12.0. The zero-order chi connectivity index (χ0) is 15.4. The molecule has 0 radical (unpaired) electrons. The smallest absolute Gasteiger partial charge is 0.106 e. The molecule has 4 heteroatoms. The first-order valence-electron chi connectivity index (χ1n) is 7.61. The maximum absolute atomic E-state index is 5.98. The first-order chi connectivity index (χ1) is 10.8. The summed E-state index contributed by atoms with van der Waals surface area (Å²) in [5, 5.41) is 0. The van der Waals surface area contributed by atoms with Crippen LogP contribution in [0.3, 0.4) is 0 Å². The van der Waals surface area contributed by atoms with Crippen LogP contribution in [-0.4, -0.2) is 13.2 Å². The fraction of sp³-hybridized carbons (Fsp3) is 0.333. The molecule has 3 rings (SSSR count). The van der Waals surface area contributed by atoms with Crippen molar-refractivity contribution in [2.75, 3.05) is 13.2 Å². The SMILES string of the molecule is NCc1ccc(C2COC(c3ccc(CN)cc3)CO2)cc1. The summed E-state index contributed by atoms with van der Waals surface area (Å²) >= 11 is 0. The van der Waals surface area contributed by atoms with Crippen molar-refractivity contribution >= 4 is 0 Å². The molecule has 116 valence electrons. The molecule has 2 aromatic carbocycles. The third kappa shape index (κ3) is 3.36. The Kier molecular flexibility index (Phi) is 4.85. The monoisotopic (exact) mass is 298 g/mol. The van der Waals surface area contributed by atoms with Crippen molar-refractivity contribution in [2.45, 2.75) is 25.3 Å². The van der Waals surface area contributed by atoms with Crippen LogP contribution >= 0.6 is 0 Å². The number of nitrogens with two attached hydrogens (primary N) is 2. The van der Waals surface area contributed by atoms with Gasteiger partial charge in [0.25, 0.3) is 0 Å². The zero-order valence-electron chi connectivity index (χ0n) is 12.6. The predicted octanol–water partition coefficient (Wildman–Crippen LogP) is 2.43. The van der Waals surface area contributed by atoms with Crippen LogP contribution in [0.1, 0.15) is 34.5 Å². The zero-order valence-corrected chi connectivity index (χ0v) is 12.6. The van der Waals surface area contributed by atoms with Gasteiger partial charge in [-0.3, -0.25) is 0 Å². The van der Waals surface area contributed by atoms with E-state index in [0.717, 1.165) is 22.3 Å². The second-order valence-electron chi connectivity index (χ2n) is 5.54. The van der Waals surface area contributed by atoms with Gasteiger partial charge in [0.2, 0.25) is 0 Å². The van der Waals surface area contributed by atoms with Gasteiger partial charge < -0.3 is 20.9 Å². The largest absolute Gasteiger partial charge is 0.368 e. The molecule has 1 aliphatic rings. The second kappa shape index (κ2) is 7.03. The molecule has 0 bridgehead atoms. The van der Waals surface area contributed by atoms with Gasteiger partial charge in [-0.15, -0.1) is 0 Å². The molecular weight excluding hydrogens is 276 g/mol. The predicted molar refractivity (Wildman–Crippen MR) is 86.1 cm³/mol. The number of ether oxygens (including phenoxy) is 2. The lowest BCUT2D eigenvalue weighted by molar-refractivity contribution is -0.137. The summed E-state index contributed by atoms with van der Waals surface area (Å²) in [5.41, 5.74) is 15.7. The maximum atomic E-state index is 5.98. The Morgan fingerprint density at radius 1 is 0.682 bits per heavy atom. The van der Waals surface area contributed by atoms with Crippen LogP contribution in [0.4, 0.5) is 0 Å². The van der Waals surface area contributed by atoms with Gasteiger partial charge in [-0.2, -0.15) is 0 Å².